The van der Waals surface area contributed by atoms with Gasteiger partial charge in [-0.05, 0) is 42.7 Å². The summed E-state index contributed by atoms with van der Waals surface area (Å²) in [7, 11) is 0. The maximum absolute atomic E-state index is 12.7. The molecule has 7 heteroatoms. The van der Waals surface area contributed by atoms with Gasteiger partial charge >= 0.3 is 0 Å². The number of benzene rings is 1. The van der Waals surface area contributed by atoms with Gasteiger partial charge in [0.2, 0.25) is 5.91 Å². The van der Waals surface area contributed by atoms with Crippen LogP contribution in [0.1, 0.15) is 30.1 Å². The Morgan fingerprint density at radius 3 is 3.00 bits per heavy atom. The second-order valence-corrected chi connectivity index (χ2v) is 7.09. The Balaban J connectivity index is 1.44. The van der Waals surface area contributed by atoms with E-state index in [1.807, 2.05) is 47.4 Å². The summed E-state index contributed by atoms with van der Waals surface area (Å²) in [5, 5.41) is 4.77. The molecule has 1 amide bonds. The van der Waals surface area contributed by atoms with Crippen molar-refractivity contribution in [3.8, 4) is 11.6 Å². The van der Waals surface area contributed by atoms with Crippen LogP contribution in [0.2, 0.25) is 5.02 Å². The van der Waals surface area contributed by atoms with Crippen molar-refractivity contribution in [1.29, 1.82) is 0 Å². The van der Waals surface area contributed by atoms with Gasteiger partial charge in [0.25, 0.3) is 5.89 Å². The van der Waals surface area contributed by atoms with Crippen LogP contribution in [-0.4, -0.2) is 39.0 Å². The van der Waals surface area contributed by atoms with Crippen LogP contribution in [0.3, 0.4) is 0 Å². The second-order valence-electron chi connectivity index (χ2n) is 6.66. The van der Waals surface area contributed by atoms with E-state index in [2.05, 4.69) is 15.1 Å². The van der Waals surface area contributed by atoms with E-state index in [1.54, 1.807) is 6.20 Å². The van der Waals surface area contributed by atoms with E-state index in [0.29, 0.717) is 35.4 Å². The van der Waals surface area contributed by atoms with E-state index in [9.17, 15) is 4.79 Å². The Kier molecular flexibility index (Phi) is 5.16. The van der Waals surface area contributed by atoms with Crippen LogP contribution in [-0.2, 0) is 11.2 Å². The summed E-state index contributed by atoms with van der Waals surface area (Å²) < 4.78 is 5.37. The normalized spacial score (nSPS) is 17.1. The van der Waals surface area contributed by atoms with Crippen LogP contribution in [0.4, 0.5) is 0 Å². The van der Waals surface area contributed by atoms with E-state index >= 15 is 0 Å². The molecule has 0 radical (unpaired) electrons. The maximum atomic E-state index is 12.7. The van der Waals surface area contributed by atoms with Crippen molar-refractivity contribution in [2.75, 3.05) is 13.1 Å². The van der Waals surface area contributed by atoms with E-state index in [-0.39, 0.29) is 11.8 Å². The van der Waals surface area contributed by atoms with E-state index < -0.39 is 0 Å². The minimum Gasteiger partial charge on any atom is -0.342 e. The number of pyridine rings is 1. The number of hydrogen-bond acceptors (Lipinski definition) is 5. The molecule has 0 N–H and O–H groups in total. The SMILES string of the molecule is O=C(Cc1cccc(Cl)c1)N1CCC[C@@H](c2noc(-c3ccccn3)n2)C1. The van der Waals surface area contributed by atoms with Crippen molar-refractivity contribution in [3.05, 3.63) is 65.1 Å². The van der Waals surface area contributed by atoms with Crippen molar-refractivity contribution in [2.24, 2.45) is 0 Å². The highest BCUT2D eigenvalue weighted by molar-refractivity contribution is 6.30. The van der Waals surface area contributed by atoms with Crippen molar-refractivity contribution in [3.63, 3.8) is 0 Å². The molecule has 138 valence electrons. The largest absolute Gasteiger partial charge is 0.342 e. The predicted molar refractivity (Wildman–Crippen MR) is 101 cm³/mol. The van der Waals surface area contributed by atoms with Gasteiger partial charge in [-0.15, -0.1) is 0 Å². The van der Waals surface area contributed by atoms with Gasteiger partial charge in [-0.25, -0.2) is 0 Å². The number of carbonyl (C=O) groups excluding carboxylic acids is 1. The molecule has 2 aromatic heterocycles. The molecule has 1 aliphatic rings. The van der Waals surface area contributed by atoms with Crippen molar-refractivity contribution >= 4 is 17.5 Å². The van der Waals surface area contributed by atoms with Gasteiger partial charge in [0.05, 0.1) is 6.42 Å². The van der Waals surface area contributed by atoms with Gasteiger partial charge in [0.1, 0.15) is 5.69 Å². The molecule has 0 bridgehead atoms. The molecule has 1 fully saturated rings. The van der Waals surface area contributed by atoms with Crippen LogP contribution in [0, 0.1) is 0 Å². The Bertz CT molecular complexity index is 928. The van der Waals surface area contributed by atoms with Crippen molar-refractivity contribution in [2.45, 2.75) is 25.2 Å². The summed E-state index contributed by atoms with van der Waals surface area (Å²) in [6.45, 7) is 1.35. The van der Waals surface area contributed by atoms with E-state index in [1.165, 1.54) is 0 Å². The van der Waals surface area contributed by atoms with E-state index in [0.717, 1.165) is 24.9 Å². The summed E-state index contributed by atoms with van der Waals surface area (Å²) in [4.78, 5) is 23.3. The number of aromatic nitrogens is 3. The second kappa shape index (κ2) is 7.88. The number of likely N-dealkylation sites (tertiary alicyclic amines) is 1. The molecular weight excluding hydrogens is 364 g/mol. The highest BCUT2D eigenvalue weighted by Crippen LogP contribution is 2.27. The van der Waals surface area contributed by atoms with Gasteiger partial charge in [-0.2, -0.15) is 4.98 Å². The molecule has 27 heavy (non-hydrogen) atoms. The molecule has 1 aliphatic heterocycles. The fourth-order valence-electron chi connectivity index (χ4n) is 3.34. The number of nitrogens with zero attached hydrogens (tertiary/aromatic N) is 4. The Morgan fingerprint density at radius 1 is 1.26 bits per heavy atom. The molecule has 0 spiro atoms. The number of halogens is 1. The topological polar surface area (TPSA) is 72.1 Å². The third-order valence-corrected chi connectivity index (χ3v) is 4.94. The zero-order valence-electron chi connectivity index (χ0n) is 14.7. The first-order valence-corrected chi connectivity index (χ1v) is 9.34. The Labute approximate surface area is 162 Å². The minimum absolute atomic E-state index is 0.0725. The van der Waals surface area contributed by atoms with Crippen LogP contribution < -0.4 is 0 Å². The molecule has 4 rings (SSSR count). The molecule has 0 aliphatic carbocycles. The first-order valence-electron chi connectivity index (χ1n) is 8.96. The lowest BCUT2D eigenvalue weighted by Crippen LogP contribution is -2.40. The number of amides is 1. The molecule has 1 aromatic carbocycles. The molecule has 0 unspecified atom stereocenters. The van der Waals surface area contributed by atoms with Crippen LogP contribution in [0.5, 0.6) is 0 Å². The van der Waals surface area contributed by atoms with Crippen molar-refractivity contribution < 1.29 is 9.32 Å². The molecule has 3 aromatic rings. The average molecular weight is 383 g/mol. The van der Waals surface area contributed by atoms with Gasteiger partial charge in [0.15, 0.2) is 5.82 Å². The maximum Gasteiger partial charge on any atom is 0.276 e. The highest BCUT2D eigenvalue weighted by atomic mass is 35.5. The van der Waals surface area contributed by atoms with Crippen LogP contribution >= 0.6 is 11.6 Å². The lowest BCUT2D eigenvalue weighted by atomic mass is 9.96. The Hall–Kier alpha value is -2.73. The van der Waals surface area contributed by atoms with Gasteiger partial charge in [-0.3, -0.25) is 9.78 Å². The minimum atomic E-state index is 0.0725. The zero-order chi connectivity index (χ0) is 18.6. The molecule has 1 saturated heterocycles. The monoisotopic (exact) mass is 382 g/mol. The highest BCUT2D eigenvalue weighted by Gasteiger charge is 2.28. The third-order valence-electron chi connectivity index (χ3n) is 4.71. The summed E-state index contributed by atoms with van der Waals surface area (Å²) in [6.07, 6.45) is 3.89. The van der Waals surface area contributed by atoms with Gasteiger partial charge in [-0.1, -0.05) is 35.0 Å². The quantitative estimate of drug-likeness (QED) is 0.687. The predicted octanol–water partition coefficient (Wildman–Crippen LogP) is 3.73. The molecule has 6 nitrogen and oxygen atoms in total. The molecule has 1 atom stereocenters. The summed E-state index contributed by atoms with van der Waals surface area (Å²) >= 11 is 6.01. The first kappa shape index (κ1) is 17.7. The Morgan fingerprint density at radius 2 is 2.19 bits per heavy atom. The molecule has 0 saturated carbocycles. The third kappa shape index (κ3) is 4.17. The number of rotatable bonds is 4. The fourth-order valence-corrected chi connectivity index (χ4v) is 3.55. The van der Waals surface area contributed by atoms with Crippen molar-refractivity contribution in [1.82, 2.24) is 20.0 Å². The molecule has 3 heterocycles. The summed E-state index contributed by atoms with van der Waals surface area (Å²) in [5.41, 5.74) is 1.58. The first-order chi connectivity index (χ1) is 13.2. The van der Waals surface area contributed by atoms with Crippen LogP contribution in [0.25, 0.3) is 11.6 Å². The summed E-state index contributed by atoms with van der Waals surface area (Å²) in [5.74, 6) is 1.21. The lowest BCUT2D eigenvalue weighted by molar-refractivity contribution is -0.131. The molecular formula is C20H19ClN4O2. The fraction of sp³-hybridized carbons (Fsp3) is 0.300. The standard InChI is InChI=1S/C20H19ClN4O2/c21-16-7-3-5-14(11-16)12-18(26)25-10-4-6-15(13-25)19-23-20(27-24-19)17-8-1-2-9-22-17/h1-3,5,7-9,11,15H,4,6,10,12-13H2/t15-/m1/s1. The number of carbonyl (C=O) groups is 1. The van der Waals surface area contributed by atoms with Gasteiger partial charge < -0.3 is 9.42 Å². The summed E-state index contributed by atoms with van der Waals surface area (Å²) in [6, 6.07) is 13.0. The smallest absolute Gasteiger partial charge is 0.276 e. The number of hydrogen-bond donors (Lipinski definition) is 0. The van der Waals surface area contributed by atoms with Gasteiger partial charge in [0, 0.05) is 30.2 Å². The average Bonchev–Trinajstić information content (AvgIpc) is 3.19. The van der Waals surface area contributed by atoms with E-state index in [4.69, 9.17) is 16.1 Å². The lowest BCUT2D eigenvalue weighted by Gasteiger charge is -2.31. The zero-order valence-corrected chi connectivity index (χ0v) is 15.5. The number of piperidine rings is 1. The van der Waals surface area contributed by atoms with Crippen LogP contribution in [0.15, 0.2) is 53.2 Å².